The molecule has 1 fully saturated rings. The fourth-order valence-electron chi connectivity index (χ4n) is 3.03. The minimum Gasteiger partial charge on any atom is -0.320 e. The average molecular weight is 317 g/mol. The molecule has 0 saturated heterocycles. The van der Waals surface area contributed by atoms with Crippen LogP contribution in [0.1, 0.15) is 54.7 Å². The van der Waals surface area contributed by atoms with E-state index >= 15 is 0 Å². The number of carbonyl (C=O) groups is 1. The first-order chi connectivity index (χ1) is 11.0. The van der Waals surface area contributed by atoms with Crippen LogP contribution in [0.4, 0.5) is 10.1 Å². The molecule has 0 radical (unpaired) electrons. The molecule has 1 saturated carbocycles. The summed E-state index contributed by atoms with van der Waals surface area (Å²) in [4.78, 5) is 12.4. The van der Waals surface area contributed by atoms with Gasteiger partial charge in [-0.25, -0.2) is 4.39 Å². The Labute approximate surface area is 134 Å². The maximum Gasteiger partial charge on any atom is 0.259 e. The minimum atomic E-state index is -1.08. The lowest BCUT2D eigenvalue weighted by Crippen LogP contribution is -2.28. The zero-order valence-corrected chi connectivity index (χ0v) is 13.3. The van der Waals surface area contributed by atoms with E-state index in [1.54, 1.807) is 19.2 Å². The molecule has 0 aromatic carbocycles. The lowest BCUT2D eigenvalue weighted by atomic mass is 9.85. The van der Waals surface area contributed by atoms with Gasteiger partial charge in [-0.15, -0.1) is 0 Å². The number of aromatic nitrogens is 4. The van der Waals surface area contributed by atoms with Gasteiger partial charge in [0.1, 0.15) is 5.67 Å². The summed E-state index contributed by atoms with van der Waals surface area (Å²) in [5.41, 5.74) is 0.835. The summed E-state index contributed by atoms with van der Waals surface area (Å²) >= 11 is 0. The van der Waals surface area contributed by atoms with Crippen molar-refractivity contribution in [3.05, 3.63) is 35.9 Å². The van der Waals surface area contributed by atoms with Crippen LogP contribution in [0.2, 0.25) is 0 Å². The Bertz CT molecular complexity index is 688. The Morgan fingerprint density at radius 1 is 1.35 bits per heavy atom. The predicted octanol–water partition coefficient (Wildman–Crippen LogP) is 3.08. The summed E-state index contributed by atoms with van der Waals surface area (Å²) in [6, 6.07) is 1.83. The standard InChI is InChI=1S/C16H20FN5O/c1-11-14(15(23)21-12-5-8-18-19-9-12)10-20-22(11)13-3-6-16(2,17)7-4-13/h5,8-10,13H,3-4,6-7H2,1-2H3,(H,18,21,23). The van der Waals surface area contributed by atoms with E-state index in [4.69, 9.17) is 0 Å². The first-order valence-corrected chi connectivity index (χ1v) is 7.77. The van der Waals surface area contributed by atoms with E-state index in [1.807, 2.05) is 11.6 Å². The zero-order valence-electron chi connectivity index (χ0n) is 13.3. The molecule has 0 atom stereocenters. The van der Waals surface area contributed by atoms with Crippen LogP contribution in [-0.4, -0.2) is 31.6 Å². The Hall–Kier alpha value is -2.31. The molecule has 0 unspecified atom stereocenters. The molecule has 2 aromatic rings. The number of nitrogens with zero attached hydrogens (tertiary/aromatic N) is 4. The molecule has 122 valence electrons. The van der Waals surface area contributed by atoms with Gasteiger partial charge in [-0.1, -0.05) is 0 Å². The fourth-order valence-corrected chi connectivity index (χ4v) is 3.03. The largest absolute Gasteiger partial charge is 0.320 e. The van der Waals surface area contributed by atoms with Gasteiger partial charge in [0.25, 0.3) is 5.91 Å². The highest BCUT2D eigenvalue weighted by Crippen LogP contribution is 2.37. The summed E-state index contributed by atoms with van der Waals surface area (Å²) in [6.45, 7) is 3.52. The molecular formula is C16H20FN5O. The summed E-state index contributed by atoms with van der Waals surface area (Å²) in [6.07, 6.45) is 7.11. The molecule has 1 aliphatic carbocycles. The second-order valence-electron chi connectivity index (χ2n) is 6.32. The summed E-state index contributed by atoms with van der Waals surface area (Å²) in [7, 11) is 0. The maximum atomic E-state index is 13.9. The summed E-state index contributed by atoms with van der Waals surface area (Å²) < 4.78 is 15.8. The van der Waals surface area contributed by atoms with Crippen LogP contribution >= 0.6 is 0 Å². The monoisotopic (exact) mass is 317 g/mol. The van der Waals surface area contributed by atoms with Gasteiger partial charge in [-0.3, -0.25) is 9.48 Å². The smallest absolute Gasteiger partial charge is 0.259 e. The lowest BCUT2D eigenvalue weighted by Gasteiger charge is -2.31. The van der Waals surface area contributed by atoms with E-state index in [1.165, 1.54) is 12.4 Å². The van der Waals surface area contributed by atoms with Gasteiger partial charge in [-0.05, 0) is 45.6 Å². The summed E-state index contributed by atoms with van der Waals surface area (Å²) in [5.74, 6) is -0.229. The number of amides is 1. The Morgan fingerprint density at radius 2 is 2.09 bits per heavy atom. The molecule has 6 nitrogen and oxygen atoms in total. The van der Waals surface area contributed by atoms with Crippen molar-refractivity contribution >= 4 is 11.6 Å². The van der Waals surface area contributed by atoms with Crippen LogP contribution in [-0.2, 0) is 0 Å². The molecule has 0 aliphatic heterocycles. The Balaban J connectivity index is 1.73. The van der Waals surface area contributed by atoms with E-state index in [0.717, 1.165) is 18.5 Å². The number of carbonyl (C=O) groups excluding carboxylic acids is 1. The summed E-state index contributed by atoms with van der Waals surface area (Å²) in [5, 5.41) is 14.5. The van der Waals surface area contributed by atoms with Gasteiger partial charge in [-0.2, -0.15) is 15.3 Å². The number of halogens is 1. The van der Waals surface area contributed by atoms with E-state index in [9.17, 15) is 9.18 Å². The molecule has 0 bridgehead atoms. The minimum absolute atomic E-state index is 0.156. The normalized spacial score (nSPS) is 24.4. The molecule has 2 aromatic heterocycles. The number of alkyl halides is 1. The molecule has 23 heavy (non-hydrogen) atoms. The fraction of sp³-hybridized carbons (Fsp3) is 0.500. The highest BCUT2D eigenvalue weighted by Gasteiger charge is 2.32. The van der Waals surface area contributed by atoms with Crippen molar-refractivity contribution in [1.82, 2.24) is 20.0 Å². The van der Waals surface area contributed by atoms with Gasteiger partial charge in [0.05, 0.1) is 35.9 Å². The Kier molecular flexibility index (Phi) is 4.11. The number of rotatable bonds is 3. The SMILES string of the molecule is Cc1c(C(=O)Nc2ccnnc2)cnn1C1CCC(C)(F)CC1. The quantitative estimate of drug-likeness (QED) is 0.944. The molecule has 1 amide bonds. The third-order valence-electron chi connectivity index (χ3n) is 4.47. The van der Waals surface area contributed by atoms with E-state index in [2.05, 4.69) is 20.6 Å². The van der Waals surface area contributed by atoms with Crippen LogP contribution in [0.3, 0.4) is 0 Å². The molecule has 0 spiro atoms. The second-order valence-corrected chi connectivity index (χ2v) is 6.32. The van der Waals surface area contributed by atoms with Crippen LogP contribution in [0.25, 0.3) is 0 Å². The Morgan fingerprint density at radius 3 is 2.74 bits per heavy atom. The van der Waals surface area contributed by atoms with E-state index in [0.29, 0.717) is 24.1 Å². The van der Waals surface area contributed by atoms with Crippen LogP contribution in [0, 0.1) is 6.92 Å². The van der Waals surface area contributed by atoms with Gasteiger partial charge in [0, 0.05) is 5.69 Å². The van der Waals surface area contributed by atoms with Crippen molar-refractivity contribution in [2.24, 2.45) is 0 Å². The highest BCUT2D eigenvalue weighted by molar-refractivity contribution is 6.04. The molecule has 3 rings (SSSR count). The van der Waals surface area contributed by atoms with Crippen LogP contribution in [0.15, 0.2) is 24.7 Å². The van der Waals surface area contributed by atoms with Crippen molar-refractivity contribution in [1.29, 1.82) is 0 Å². The highest BCUT2D eigenvalue weighted by atomic mass is 19.1. The van der Waals surface area contributed by atoms with Crippen molar-refractivity contribution in [2.45, 2.75) is 51.2 Å². The molecule has 2 heterocycles. The van der Waals surface area contributed by atoms with Crippen molar-refractivity contribution < 1.29 is 9.18 Å². The van der Waals surface area contributed by atoms with E-state index < -0.39 is 5.67 Å². The third-order valence-corrected chi connectivity index (χ3v) is 4.47. The molecule has 1 aliphatic rings. The van der Waals surface area contributed by atoms with Gasteiger partial charge in [0.15, 0.2) is 0 Å². The topological polar surface area (TPSA) is 72.7 Å². The number of hydrogen-bond donors (Lipinski definition) is 1. The zero-order chi connectivity index (χ0) is 16.4. The molecule has 7 heteroatoms. The third kappa shape index (κ3) is 3.38. The van der Waals surface area contributed by atoms with Crippen molar-refractivity contribution in [3.63, 3.8) is 0 Å². The predicted molar refractivity (Wildman–Crippen MR) is 84.0 cm³/mol. The van der Waals surface area contributed by atoms with Crippen molar-refractivity contribution in [3.8, 4) is 0 Å². The molecular weight excluding hydrogens is 297 g/mol. The second kappa shape index (κ2) is 6.06. The lowest BCUT2D eigenvalue weighted by molar-refractivity contribution is 0.100. The average Bonchev–Trinajstić information content (AvgIpc) is 2.90. The van der Waals surface area contributed by atoms with Crippen molar-refractivity contribution in [2.75, 3.05) is 5.32 Å². The van der Waals surface area contributed by atoms with Gasteiger partial charge < -0.3 is 5.32 Å². The van der Waals surface area contributed by atoms with Crippen LogP contribution < -0.4 is 5.32 Å². The van der Waals surface area contributed by atoms with Gasteiger partial charge in [0.2, 0.25) is 0 Å². The first kappa shape index (κ1) is 15.6. The number of nitrogens with one attached hydrogen (secondary N) is 1. The maximum absolute atomic E-state index is 13.9. The number of hydrogen-bond acceptors (Lipinski definition) is 4. The first-order valence-electron chi connectivity index (χ1n) is 7.77. The number of anilines is 1. The van der Waals surface area contributed by atoms with Crippen LogP contribution in [0.5, 0.6) is 0 Å². The van der Waals surface area contributed by atoms with Gasteiger partial charge >= 0.3 is 0 Å². The molecule has 1 N–H and O–H groups in total. The van der Waals surface area contributed by atoms with E-state index in [-0.39, 0.29) is 11.9 Å².